The molecule has 0 fully saturated rings. The van der Waals surface area contributed by atoms with E-state index in [1.165, 1.54) is 11.1 Å². The molecule has 3 heterocycles. The van der Waals surface area contributed by atoms with Gasteiger partial charge in [0, 0.05) is 43.8 Å². The van der Waals surface area contributed by atoms with Gasteiger partial charge in [0.2, 0.25) is 0 Å². The Morgan fingerprint density at radius 3 is 1.59 bits per heavy atom. The Kier molecular flexibility index (Phi) is 7.42. The maximum Gasteiger partial charge on any atom is 0.164 e. The first-order valence-corrected chi connectivity index (χ1v) is 18.7. The Morgan fingerprint density at radius 2 is 0.804 bits per heavy atom. The molecule has 56 heavy (non-hydrogen) atoms. The molecule has 0 radical (unpaired) electrons. The van der Waals surface area contributed by atoms with Gasteiger partial charge in [0.25, 0.3) is 0 Å². The number of fused-ring (bicyclic) bond motifs is 6. The van der Waals surface area contributed by atoms with Crippen molar-refractivity contribution in [3.63, 3.8) is 0 Å². The van der Waals surface area contributed by atoms with Crippen LogP contribution in [0.3, 0.4) is 0 Å². The van der Waals surface area contributed by atoms with Crippen LogP contribution in [0.2, 0.25) is 0 Å². The Hall–Kier alpha value is -7.63. The standard InChI is InChI=1S/C51H31N3O2/c1-3-12-32(13-4-1)33-24-26-34(27-25-33)36-16-9-17-37(30-36)50-52-49(35-14-5-2-6-15-35)53-51(54-50)38-28-29-43-46(31-38)55-45-23-11-19-40(47(43)45)42-21-10-20-41-39-18-7-8-22-44(39)56-48(41)42/h1-31H. The van der Waals surface area contributed by atoms with Crippen molar-refractivity contribution in [2.75, 3.05) is 0 Å². The summed E-state index contributed by atoms with van der Waals surface area (Å²) in [4.78, 5) is 15.1. The van der Waals surface area contributed by atoms with E-state index in [1.54, 1.807) is 0 Å². The highest BCUT2D eigenvalue weighted by molar-refractivity contribution is 6.17. The quantitative estimate of drug-likeness (QED) is 0.171. The molecule has 11 aromatic rings. The van der Waals surface area contributed by atoms with E-state index in [0.717, 1.165) is 82.8 Å². The van der Waals surface area contributed by atoms with E-state index in [1.807, 2.05) is 72.8 Å². The number of para-hydroxylation sites is 2. The Labute approximate surface area is 322 Å². The molecule has 0 saturated heterocycles. The fraction of sp³-hybridized carbons (Fsp3) is 0. The summed E-state index contributed by atoms with van der Waals surface area (Å²) >= 11 is 0. The zero-order chi connectivity index (χ0) is 37.0. The second-order valence-electron chi connectivity index (χ2n) is 14.0. The number of hydrogen-bond donors (Lipinski definition) is 0. The summed E-state index contributed by atoms with van der Waals surface area (Å²) in [7, 11) is 0. The Morgan fingerprint density at radius 1 is 0.286 bits per heavy atom. The highest BCUT2D eigenvalue weighted by Crippen LogP contribution is 2.42. The third kappa shape index (κ3) is 5.45. The number of hydrogen-bond acceptors (Lipinski definition) is 5. The fourth-order valence-corrected chi connectivity index (χ4v) is 7.82. The Bertz CT molecular complexity index is 3240. The van der Waals surface area contributed by atoms with Gasteiger partial charge in [-0.2, -0.15) is 0 Å². The van der Waals surface area contributed by atoms with E-state index in [-0.39, 0.29) is 0 Å². The van der Waals surface area contributed by atoms with E-state index >= 15 is 0 Å². The molecule has 0 aliphatic rings. The molecule has 5 nitrogen and oxygen atoms in total. The van der Waals surface area contributed by atoms with E-state index in [9.17, 15) is 0 Å². The summed E-state index contributed by atoms with van der Waals surface area (Å²) in [6.45, 7) is 0. The maximum absolute atomic E-state index is 6.58. The molecular weight excluding hydrogens is 687 g/mol. The fourth-order valence-electron chi connectivity index (χ4n) is 7.82. The van der Waals surface area contributed by atoms with Gasteiger partial charge in [0.05, 0.1) is 0 Å². The van der Waals surface area contributed by atoms with Crippen LogP contribution in [0.1, 0.15) is 0 Å². The lowest BCUT2D eigenvalue weighted by Gasteiger charge is -2.10. The second-order valence-corrected chi connectivity index (χ2v) is 14.0. The van der Waals surface area contributed by atoms with Crippen LogP contribution in [0.4, 0.5) is 0 Å². The van der Waals surface area contributed by atoms with Crippen molar-refractivity contribution in [3.05, 3.63) is 188 Å². The van der Waals surface area contributed by atoms with E-state index in [0.29, 0.717) is 17.5 Å². The van der Waals surface area contributed by atoms with Gasteiger partial charge in [-0.1, -0.05) is 158 Å². The van der Waals surface area contributed by atoms with E-state index in [4.69, 9.17) is 23.8 Å². The van der Waals surface area contributed by atoms with Crippen molar-refractivity contribution in [2.24, 2.45) is 0 Å². The largest absolute Gasteiger partial charge is 0.456 e. The molecule has 0 amide bonds. The van der Waals surface area contributed by atoms with Crippen molar-refractivity contribution in [1.82, 2.24) is 15.0 Å². The van der Waals surface area contributed by atoms with E-state index in [2.05, 4.69) is 115 Å². The number of aromatic nitrogens is 3. The molecule has 0 saturated carbocycles. The van der Waals surface area contributed by atoms with Gasteiger partial charge in [0.1, 0.15) is 22.3 Å². The molecule has 0 atom stereocenters. The lowest BCUT2D eigenvalue weighted by atomic mass is 9.97. The molecule has 0 N–H and O–H groups in total. The molecule has 0 spiro atoms. The number of benzene rings is 8. The first kappa shape index (κ1) is 31.9. The van der Waals surface area contributed by atoms with Gasteiger partial charge in [-0.3, -0.25) is 0 Å². The molecule has 3 aromatic heterocycles. The SMILES string of the molecule is c1ccc(-c2ccc(-c3cccc(-c4nc(-c5ccccc5)nc(-c5ccc6c(c5)oc5cccc(-c7cccc8c7oc7ccccc78)c56)n4)c3)cc2)cc1. The minimum Gasteiger partial charge on any atom is -0.456 e. The summed E-state index contributed by atoms with van der Waals surface area (Å²) in [6, 6.07) is 64.5. The van der Waals surface area contributed by atoms with Crippen LogP contribution in [0, 0.1) is 0 Å². The Balaban J connectivity index is 1.02. The minimum atomic E-state index is 0.570. The third-order valence-electron chi connectivity index (χ3n) is 10.6. The van der Waals surface area contributed by atoms with Crippen LogP contribution in [0.5, 0.6) is 0 Å². The minimum absolute atomic E-state index is 0.570. The smallest absolute Gasteiger partial charge is 0.164 e. The van der Waals surface area contributed by atoms with Crippen LogP contribution >= 0.6 is 0 Å². The molecule has 0 aliphatic carbocycles. The summed E-state index contributed by atoms with van der Waals surface area (Å²) < 4.78 is 13.0. The van der Waals surface area contributed by atoms with Crippen LogP contribution in [-0.4, -0.2) is 15.0 Å². The predicted octanol–water partition coefficient (Wildman–Crippen LogP) is 13.7. The number of nitrogens with zero attached hydrogens (tertiary/aromatic N) is 3. The molecule has 262 valence electrons. The van der Waals surface area contributed by atoms with Gasteiger partial charge < -0.3 is 8.83 Å². The molecule has 0 bridgehead atoms. The maximum atomic E-state index is 6.58. The van der Waals surface area contributed by atoms with Gasteiger partial charge in [-0.05, 0) is 58.1 Å². The van der Waals surface area contributed by atoms with Crippen molar-refractivity contribution < 1.29 is 8.83 Å². The average molecular weight is 718 g/mol. The highest BCUT2D eigenvalue weighted by atomic mass is 16.3. The van der Waals surface area contributed by atoms with Crippen molar-refractivity contribution >= 4 is 43.9 Å². The summed E-state index contributed by atoms with van der Waals surface area (Å²) in [5.74, 6) is 1.78. The van der Waals surface area contributed by atoms with Crippen LogP contribution in [-0.2, 0) is 0 Å². The van der Waals surface area contributed by atoms with Gasteiger partial charge in [-0.15, -0.1) is 0 Å². The van der Waals surface area contributed by atoms with Gasteiger partial charge in [0.15, 0.2) is 17.5 Å². The summed E-state index contributed by atoms with van der Waals surface area (Å²) in [5.41, 5.74) is 12.6. The topological polar surface area (TPSA) is 65.0 Å². The molecule has 8 aromatic carbocycles. The molecule has 5 heteroatoms. The molecule has 0 aliphatic heterocycles. The van der Waals surface area contributed by atoms with Gasteiger partial charge >= 0.3 is 0 Å². The first-order chi connectivity index (χ1) is 27.7. The number of furan rings is 2. The normalized spacial score (nSPS) is 11.6. The van der Waals surface area contributed by atoms with Crippen LogP contribution in [0.15, 0.2) is 197 Å². The first-order valence-electron chi connectivity index (χ1n) is 18.7. The van der Waals surface area contributed by atoms with Crippen LogP contribution < -0.4 is 0 Å². The zero-order valence-corrected chi connectivity index (χ0v) is 30.1. The average Bonchev–Trinajstić information content (AvgIpc) is 3.85. The van der Waals surface area contributed by atoms with Gasteiger partial charge in [-0.25, -0.2) is 15.0 Å². The molecular formula is C51H31N3O2. The molecule has 0 unspecified atom stereocenters. The van der Waals surface area contributed by atoms with Crippen molar-refractivity contribution in [1.29, 1.82) is 0 Å². The second kappa shape index (κ2) is 13.0. The summed E-state index contributed by atoms with van der Waals surface area (Å²) in [5, 5.41) is 4.25. The zero-order valence-electron chi connectivity index (χ0n) is 30.1. The van der Waals surface area contributed by atoms with Crippen molar-refractivity contribution in [2.45, 2.75) is 0 Å². The van der Waals surface area contributed by atoms with Crippen LogP contribution in [0.25, 0.3) is 111 Å². The lowest BCUT2D eigenvalue weighted by Crippen LogP contribution is -2.00. The van der Waals surface area contributed by atoms with Crippen molar-refractivity contribution in [3.8, 4) is 67.5 Å². The number of rotatable bonds is 6. The predicted molar refractivity (Wildman–Crippen MR) is 227 cm³/mol. The lowest BCUT2D eigenvalue weighted by molar-refractivity contribution is 0.669. The monoisotopic (exact) mass is 717 g/mol. The van der Waals surface area contributed by atoms with E-state index < -0.39 is 0 Å². The molecule has 11 rings (SSSR count). The highest BCUT2D eigenvalue weighted by Gasteiger charge is 2.19. The third-order valence-corrected chi connectivity index (χ3v) is 10.6. The summed E-state index contributed by atoms with van der Waals surface area (Å²) in [6.07, 6.45) is 0.